The van der Waals surface area contributed by atoms with Crippen LogP contribution in [0.1, 0.15) is 17.3 Å². The van der Waals surface area contributed by atoms with Gasteiger partial charge in [-0.2, -0.15) is 22.0 Å². The van der Waals surface area contributed by atoms with E-state index in [0.29, 0.717) is 0 Å². The van der Waals surface area contributed by atoms with Gasteiger partial charge < -0.3 is 16.0 Å². The maximum atomic E-state index is 13.9. The zero-order chi connectivity index (χ0) is 22.3. The summed E-state index contributed by atoms with van der Waals surface area (Å²) in [6.45, 7) is 1.15. The lowest BCUT2D eigenvalue weighted by molar-refractivity contribution is -0.202. The number of piperazine rings is 1. The maximum absolute atomic E-state index is 13.9. The number of amidine groups is 1. The number of anilines is 1. The minimum atomic E-state index is -4.78. The maximum Gasteiger partial charge on any atom is 0.400 e. The topological polar surface area (TPSA) is 83.6 Å². The summed E-state index contributed by atoms with van der Waals surface area (Å²) in [6, 6.07) is -0.396. The van der Waals surface area contributed by atoms with E-state index in [1.54, 1.807) is 0 Å². The number of nitrogen functional groups attached to an aromatic ring is 1. The van der Waals surface area contributed by atoms with Gasteiger partial charge in [-0.05, 0) is 25.1 Å². The number of dihydropyridines is 1. The molecule has 0 radical (unpaired) electrons. The van der Waals surface area contributed by atoms with Crippen LogP contribution in [0.5, 0.6) is 0 Å². The first-order valence-corrected chi connectivity index (χ1v) is 10.1. The second-order valence-corrected chi connectivity index (χ2v) is 8.74. The molecule has 30 heavy (non-hydrogen) atoms. The largest absolute Gasteiger partial charge is 0.400 e. The van der Waals surface area contributed by atoms with Gasteiger partial charge in [-0.1, -0.05) is 6.08 Å². The summed E-state index contributed by atoms with van der Waals surface area (Å²) in [5.74, 6) is -1.09. The summed E-state index contributed by atoms with van der Waals surface area (Å²) in [4.78, 5) is 22.3. The molecule has 3 N–H and O–H groups in total. The number of nitrogens with one attached hydrogen (secondary N) is 1. The van der Waals surface area contributed by atoms with Crippen molar-refractivity contribution in [2.24, 2.45) is 10.4 Å². The monoisotopic (exact) mass is 543 g/mol. The van der Waals surface area contributed by atoms with Crippen LogP contribution in [0, 0.1) is 5.41 Å². The SMILES string of the molecule is CC1(C(F)(F)F)C=CC(N2CCNC(C(F)(F)I)C2)=NC1C(=O)c1cccnc1N. The lowest BCUT2D eigenvalue weighted by Gasteiger charge is -2.41. The predicted octanol–water partition coefficient (Wildman–Crippen LogP) is 3.05. The third-order valence-electron chi connectivity index (χ3n) is 5.27. The first-order chi connectivity index (χ1) is 13.8. The third kappa shape index (κ3) is 4.29. The Labute approximate surface area is 182 Å². The minimum Gasteiger partial charge on any atom is -0.383 e. The molecule has 0 aliphatic carbocycles. The van der Waals surface area contributed by atoms with Gasteiger partial charge in [0.2, 0.25) is 0 Å². The van der Waals surface area contributed by atoms with Crippen LogP contribution in [0.25, 0.3) is 0 Å². The molecule has 3 unspecified atom stereocenters. The molecule has 164 valence electrons. The number of aliphatic imine (C=N–C) groups is 1. The highest BCUT2D eigenvalue weighted by Crippen LogP contribution is 2.46. The summed E-state index contributed by atoms with van der Waals surface area (Å²) in [5, 5.41) is 2.69. The standard InChI is InChI=1S/C18H19F5IN5O/c1-16(18(21,22)23)5-4-12(29-8-7-26-11(9-29)17(19,20)24)28-14(16)13(30)10-3-2-6-27-15(10)25/h2-6,11,14,26H,7-9H2,1H3,(H2,25,27). The Kier molecular flexibility index (Phi) is 6.11. The Morgan fingerprint density at radius 1 is 1.37 bits per heavy atom. The number of hydrogen-bond acceptors (Lipinski definition) is 6. The summed E-state index contributed by atoms with van der Waals surface area (Å²) in [6.07, 6.45) is -1.46. The zero-order valence-electron chi connectivity index (χ0n) is 15.8. The van der Waals surface area contributed by atoms with Crippen LogP contribution < -0.4 is 11.1 Å². The Morgan fingerprint density at radius 3 is 2.67 bits per heavy atom. The number of aromatic nitrogens is 1. The summed E-state index contributed by atoms with van der Waals surface area (Å²) in [7, 11) is 0. The number of pyridine rings is 1. The highest BCUT2D eigenvalue weighted by molar-refractivity contribution is 14.1. The van der Waals surface area contributed by atoms with E-state index in [2.05, 4.69) is 15.3 Å². The second kappa shape index (κ2) is 8.02. The fraction of sp³-hybridized carbons (Fsp3) is 0.500. The highest BCUT2D eigenvalue weighted by atomic mass is 127. The first-order valence-electron chi connectivity index (χ1n) is 8.98. The molecule has 0 amide bonds. The van der Waals surface area contributed by atoms with Gasteiger partial charge in [-0.3, -0.25) is 9.79 Å². The van der Waals surface area contributed by atoms with Crippen molar-refractivity contribution < 1.29 is 26.7 Å². The predicted molar refractivity (Wildman–Crippen MR) is 110 cm³/mol. The number of rotatable bonds is 3. The molecule has 1 aromatic heterocycles. The van der Waals surface area contributed by atoms with Gasteiger partial charge >= 0.3 is 10.1 Å². The molecule has 1 saturated heterocycles. The minimum absolute atomic E-state index is 0.0460. The molecule has 0 bridgehead atoms. The summed E-state index contributed by atoms with van der Waals surface area (Å²) < 4.78 is 66.1. The molecule has 0 saturated carbocycles. The van der Waals surface area contributed by atoms with Crippen LogP contribution in [-0.4, -0.2) is 63.3 Å². The molecule has 1 aromatic rings. The van der Waals surface area contributed by atoms with Crippen molar-refractivity contribution in [3.63, 3.8) is 0 Å². The number of alkyl halides is 6. The number of nitrogens with two attached hydrogens (primary N) is 1. The molecule has 2 aliphatic heterocycles. The second-order valence-electron chi connectivity index (χ2n) is 7.30. The zero-order valence-corrected chi connectivity index (χ0v) is 17.9. The molecule has 12 heteroatoms. The van der Waals surface area contributed by atoms with E-state index in [0.717, 1.165) is 41.7 Å². The van der Waals surface area contributed by atoms with Crippen LogP contribution in [0.2, 0.25) is 0 Å². The van der Waals surface area contributed by atoms with Crippen molar-refractivity contribution in [3.8, 4) is 0 Å². The Balaban J connectivity index is 1.99. The Morgan fingerprint density at radius 2 is 2.07 bits per heavy atom. The van der Waals surface area contributed by atoms with Crippen LogP contribution in [0.15, 0.2) is 35.5 Å². The van der Waals surface area contributed by atoms with E-state index in [1.807, 2.05) is 0 Å². The lowest BCUT2D eigenvalue weighted by atomic mass is 9.76. The number of hydrogen-bond donors (Lipinski definition) is 2. The molecule has 6 nitrogen and oxygen atoms in total. The van der Waals surface area contributed by atoms with E-state index in [-0.39, 0.29) is 36.9 Å². The van der Waals surface area contributed by atoms with Gasteiger partial charge in [0.15, 0.2) is 5.78 Å². The molecule has 2 aliphatic rings. The number of ketones is 1. The van der Waals surface area contributed by atoms with E-state index < -0.39 is 33.4 Å². The van der Waals surface area contributed by atoms with Crippen LogP contribution in [0.4, 0.5) is 27.8 Å². The third-order valence-corrected chi connectivity index (χ3v) is 6.02. The van der Waals surface area contributed by atoms with Gasteiger partial charge in [0, 0.05) is 48.4 Å². The molecule has 0 spiro atoms. The molecular formula is C18H19F5IN5O. The van der Waals surface area contributed by atoms with Gasteiger partial charge in [0.25, 0.3) is 0 Å². The normalized spacial score (nSPS) is 27.7. The molecule has 1 fully saturated rings. The van der Waals surface area contributed by atoms with Crippen molar-refractivity contribution in [1.82, 2.24) is 15.2 Å². The quantitative estimate of drug-likeness (QED) is 0.265. The van der Waals surface area contributed by atoms with Crippen LogP contribution in [-0.2, 0) is 0 Å². The number of halogens is 6. The lowest BCUT2D eigenvalue weighted by Crippen LogP contribution is -2.58. The molecular weight excluding hydrogens is 524 g/mol. The van der Waals surface area contributed by atoms with Crippen LogP contribution >= 0.6 is 22.6 Å². The fourth-order valence-electron chi connectivity index (χ4n) is 3.37. The number of carbonyl (C=O) groups excluding carboxylic acids is 1. The van der Waals surface area contributed by atoms with Gasteiger partial charge in [0.1, 0.15) is 23.1 Å². The Hall–Kier alpha value is -1.83. The van der Waals surface area contributed by atoms with Crippen molar-refractivity contribution in [3.05, 3.63) is 36.0 Å². The first kappa shape index (κ1) is 22.8. The van der Waals surface area contributed by atoms with Gasteiger partial charge in [-0.25, -0.2) is 4.98 Å². The van der Waals surface area contributed by atoms with E-state index in [4.69, 9.17) is 5.73 Å². The average molecular weight is 543 g/mol. The number of carbonyl (C=O) groups is 1. The van der Waals surface area contributed by atoms with Crippen molar-refractivity contribution in [2.75, 3.05) is 25.4 Å². The van der Waals surface area contributed by atoms with Gasteiger partial charge in [-0.15, -0.1) is 0 Å². The van der Waals surface area contributed by atoms with Crippen LogP contribution in [0.3, 0.4) is 0 Å². The number of nitrogens with zero attached hydrogens (tertiary/aromatic N) is 3. The summed E-state index contributed by atoms with van der Waals surface area (Å²) >= 11 is 1.01. The Bertz CT molecular complexity index is 884. The molecule has 3 atom stereocenters. The smallest absolute Gasteiger partial charge is 0.383 e. The number of Topliss-reactive ketones (excluding diaryl/α,β-unsaturated/α-hetero) is 1. The fourth-order valence-corrected chi connectivity index (χ4v) is 3.78. The van der Waals surface area contributed by atoms with E-state index in [1.165, 1.54) is 23.2 Å². The van der Waals surface area contributed by atoms with Gasteiger partial charge in [0.05, 0.1) is 11.6 Å². The molecule has 3 rings (SSSR count). The van der Waals surface area contributed by atoms with E-state index in [9.17, 15) is 26.7 Å². The van der Waals surface area contributed by atoms with Crippen molar-refractivity contribution >= 4 is 40.0 Å². The average Bonchev–Trinajstić information content (AvgIpc) is 2.67. The molecule has 0 aromatic carbocycles. The van der Waals surface area contributed by atoms with E-state index >= 15 is 0 Å². The highest BCUT2D eigenvalue weighted by Gasteiger charge is 2.58. The van der Waals surface area contributed by atoms with Crippen molar-refractivity contribution in [2.45, 2.75) is 29.1 Å². The summed E-state index contributed by atoms with van der Waals surface area (Å²) in [5.41, 5.74) is 2.93. The molecule has 3 heterocycles. The van der Waals surface area contributed by atoms with Crippen molar-refractivity contribution in [1.29, 1.82) is 0 Å².